The molecule has 0 spiro atoms. The largest absolute Gasteiger partial charge is 0.352 e. The predicted octanol–water partition coefficient (Wildman–Crippen LogP) is 0.0984. The van der Waals surface area contributed by atoms with Crippen LogP contribution in [-0.2, 0) is 9.59 Å². The summed E-state index contributed by atoms with van der Waals surface area (Å²) in [6.45, 7) is 6.84. The third kappa shape index (κ3) is 6.40. The van der Waals surface area contributed by atoms with E-state index in [-0.39, 0.29) is 24.4 Å². The molecular formula is C11H23N3O2. The first-order chi connectivity index (χ1) is 7.51. The Labute approximate surface area is 97.4 Å². The average molecular weight is 229 g/mol. The van der Waals surface area contributed by atoms with Crippen molar-refractivity contribution in [2.24, 2.45) is 5.73 Å². The van der Waals surface area contributed by atoms with E-state index in [0.29, 0.717) is 25.9 Å². The quantitative estimate of drug-likeness (QED) is 0.650. The number of hydrogen-bond donors (Lipinski definition) is 2. The Balaban J connectivity index is 4.08. The second-order valence-corrected chi connectivity index (χ2v) is 4.02. The van der Waals surface area contributed by atoms with Crippen molar-refractivity contribution < 1.29 is 9.59 Å². The molecule has 0 fully saturated rings. The third-order valence-corrected chi connectivity index (χ3v) is 2.11. The Kier molecular flexibility index (Phi) is 7.54. The average Bonchev–Trinajstić information content (AvgIpc) is 2.21. The first-order valence-corrected chi connectivity index (χ1v) is 5.78. The lowest BCUT2D eigenvalue weighted by Gasteiger charge is -2.21. The fourth-order valence-corrected chi connectivity index (χ4v) is 1.33. The second kappa shape index (κ2) is 8.10. The van der Waals surface area contributed by atoms with Gasteiger partial charge in [-0.05, 0) is 33.7 Å². The van der Waals surface area contributed by atoms with Gasteiger partial charge in [0.25, 0.3) is 0 Å². The van der Waals surface area contributed by atoms with Gasteiger partial charge in [-0.25, -0.2) is 0 Å². The summed E-state index contributed by atoms with van der Waals surface area (Å²) in [5.41, 5.74) is 5.34. The molecule has 0 bridgehead atoms. The Bertz CT molecular complexity index is 229. The summed E-state index contributed by atoms with van der Waals surface area (Å²) < 4.78 is 0. The molecule has 0 aliphatic carbocycles. The maximum atomic E-state index is 11.6. The van der Waals surface area contributed by atoms with Crippen molar-refractivity contribution in [3.05, 3.63) is 0 Å². The molecule has 0 rings (SSSR count). The minimum Gasteiger partial charge on any atom is -0.352 e. The molecule has 5 nitrogen and oxygen atoms in total. The fourth-order valence-electron chi connectivity index (χ4n) is 1.33. The highest BCUT2D eigenvalue weighted by atomic mass is 16.2. The van der Waals surface area contributed by atoms with Crippen LogP contribution in [0.25, 0.3) is 0 Å². The van der Waals surface area contributed by atoms with Gasteiger partial charge in [0, 0.05) is 19.0 Å². The van der Waals surface area contributed by atoms with Gasteiger partial charge >= 0.3 is 0 Å². The van der Waals surface area contributed by atoms with Crippen LogP contribution in [0.1, 0.15) is 33.6 Å². The molecular weight excluding hydrogens is 206 g/mol. The van der Waals surface area contributed by atoms with Crippen molar-refractivity contribution in [2.75, 3.05) is 19.6 Å². The minimum atomic E-state index is -0.113. The van der Waals surface area contributed by atoms with Gasteiger partial charge in [0.2, 0.25) is 11.8 Å². The fraction of sp³-hybridized carbons (Fsp3) is 0.818. The molecule has 0 saturated carbocycles. The summed E-state index contributed by atoms with van der Waals surface area (Å²) in [4.78, 5) is 24.7. The number of amides is 2. The van der Waals surface area contributed by atoms with Gasteiger partial charge in [-0.1, -0.05) is 0 Å². The number of nitrogens with one attached hydrogen (secondary N) is 1. The topological polar surface area (TPSA) is 75.4 Å². The zero-order chi connectivity index (χ0) is 12.6. The van der Waals surface area contributed by atoms with Crippen LogP contribution in [0.15, 0.2) is 0 Å². The summed E-state index contributed by atoms with van der Waals surface area (Å²) in [7, 11) is 0. The van der Waals surface area contributed by atoms with Crippen molar-refractivity contribution in [3.63, 3.8) is 0 Å². The van der Waals surface area contributed by atoms with Gasteiger partial charge in [0.15, 0.2) is 0 Å². The Morgan fingerprint density at radius 2 is 2.00 bits per heavy atom. The maximum Gasteiger partial charge on any atom is 0.239 e. The van der Waals surface area contributed by atoms with Crippen molar-refractivity contribution in [1.29, 1.82) is 0 Å². The highest BCUT2D eigenvalue weighted by Crippen LogP contribution is 1.97. The van der Waals surface area contributed by atoms with E-state index in [9.17, 15) is 9.59 Å². The van der Waals surface area contributed by atoms with E-state index in [1.807, 2.05) is 20.8 Å². The van der Waals surface area contributed by atoms with Crippen LogP contribution in [0.4, 0.5) is 0 Å². The second-order valence-electron chi connectivity index (χ2n) is 4.02. The van der Waals surface area contributed by atoms with Crippen molar-refractivity contribution in [1.82, 2.24) is 10.2 Å². The van der Waals surface area contributed by atoms with Crippen LogP contribution in [0, 0.1) is 0 Å². The van der Waals surface area contributed by atoms with E-state index in [1.165, 1.54) is 0 Å². The molecule has 0 aromatic carbocycles. The van der Waals surface area contributed by atoms with Gasteiger partial charge in [0.05, 0.1) is 6.54 Å². The first kappa shape index (κ1) is 14.9. The third-order valence-electron chi connectivity index (χ3n) is 2.11. The lowest BCUT2D eigenvalue weighted by atomic mass is 10.2. The van der Waals surface area contributed by atoms with Crippen LogP contribution in [0.3, 0.4) is 0 Å². The molecule has 0 atom stereocenters. The van der Waals surface area contributed by atoms with Crippen molar-refractivity contribution >= 4 is 11.8 Å². The Hall–Kier alpha value is -1.10. The lowest BCUT2D eigenvalue weighted by Crippen LogP contribution is -2.42. The number of carbonyl (C=O) groups excluding carboxylic acids is 2. The van der Waals surface area contributed by atoms with E-state index < -0.39 is 0 Å². The highest BCUT2D eigenvalue weighted by Gasteiger charge is 2.14. The molecule has 0 unspecified atom stereocenters. The Morgan fingerprint density at radius 3 is 2.44 bits per heavy atom. The molecule has 0 radical (unpaired) electrons. The molecule has 3 N–H and O–H groups in total. The number of hydrogen-bond acceptors (Lipinski definition) is 3. The van der Waals surface area contributed by atoms with Crippen LogP contribution in [0.5, 0.6) is 0 Å². The highest BCUT2D eigenvalue weighted by molar-refractivity contribution is 5.84. The van der Waals surface area contributed by atoms with Crippen molar-refractivity contribution in [3.8, 4) is 0 Å². The van der Waals surface area contributed by atoms with Crippen LogP contribution in [0.2, 0.25) is 0 Å². The number of rotatable bonds is 7. The van der Waals surface area contributed by atoms with Gasteiger partial charge < -0.3 is 16.0 Å². The van der Waals surface area contributed by atoms with E-state index >= 15 is 0 Å². The first-order valence-electron chi connectivity index (χ1n) is 5.78. The predicted molar refractivity (Wildman–Crippen MR) is 63.8 cm³/mol. The minimum absolute atomic E-state index is 0.00754. The molecule has 16 heavy (non-hydrogen) atoms. The number of likely N-dealkylation sites (N-methyl/N-ethyl adjacent to an activating group) is 1. The van der Waals surface area contributed by atoms with Gasteiger partial charge in [-0.15, -0.1) is 0 Å². The number of nitrogens with two attached hydrogens (primary N) is 1. The SMILES string of the molecule is CCN(CC(=O)NC(C)C)C(=O)CCCN. The van der Waals surface area contributed by atoms with E-state index in [2.05, 4.69) is 5.32 Å². The standard InChI is InChI=1S/C11H23N3O2/c1-4-14(11(16)6-5-7-12)8-10(15)13-9(2)3/h9H,4-8,12H2,1-3H3,(H,13,15). The van der Waals surface area contributed by atoms with Crippen molar-refractivity contribution in [2.45, 2.75) is 39.7 Å². The van der Waals surface area contributed by atoms with E-state index in [4.69, 9.17) is 5.73 Å². The van der Waals surface area contributed by atoms with Crippen LogP contribution >= 0.6 is 0 Å². The molecule has 94 valence electrons. The van der Waals surface area contributed by atoms with E-state index in [1.54, 1.807) is 4.90 Å². The molecule has 0 aliphatic rings. The smallest absolute Gasteiger partial charge is 0.239 e. The van der Waals surface area contributed by atoms with E-state index in [0.717, 1.165) is 0 Å². The lowest BCUT2D eigenvalue weighted by molar-refractivity contribution is -0.136. The van der Waals surface area contributed by atoms with Crippen LogP contribution < -0.4 is 11.1 Å². The molecule has 2 amide bonds. The molecule has 5 heteroatoms. The van der Waals surface area contributed by atoms with Gasteiger partial charge in [-0.3, -0.25) is 9.59 Å². The zero-order valence-electron chi connectivity index (χ0n) is 10.5. The normalized spacial score (nSPS) is 10.3. The van der Waals surface area contributed by atoms with Crippen LogP contribution in [-0.4, -0.2) is 42.4 Å². The summed E-state index contributed by atoms with van der Waals surface area (Å²) in [6, 6.07) is 0.102. The van der Waals surface area contributed by atoms with Gasteiger partial charge in [-0.2, -0.15) is 0 Å². The van der Waals surface area contributed by atoms with Gasteiger partial charge in [0.1, 0.15) is 0 Å². The summed E-state index contributed by atoms with van der Waals surface area (Å²) >= 11 is 0. The summed E-state index contributed by atoms with van der Waals surface area (Å²) in [5, 5.41) is 2.76. The molecule has 0 saturated heterocycles. The maximum absolute atomic E-state index is 11.6. The Morgan fingerprint density at radius 1 is 1.38 bits per heavy atom. The summed E-state index contributed by atoms with van der Waals surface area (Å²) in [5.74, 6) is -0.121. The number of carbonyl (C=O) groups is 2. The molecule has 0 aromatic heterocycles. The molecule has 0 heterocycles. The monoisotopic (exact) mass is 229 g/mol. The summed E-state index contributed by atoms with van der Waals surface area (Å²) in [6.07, 6.45) is 1.08. The molecule has 0 aliphatic heterocycles. The number of nitrogens with zero attached hydrogens (tertiary/aromatic N) is 1. The zero-order valence-corrected chi connectivity index (χ0v) is 10.5. The molecule has 0 aromatic rings.